The highest BCUT2D eigenvalue weighted by molar-refractivity contribution is 6.01. The first kappa shape index (κ1) is 18.0. The van der Waals surface area contributed by atoms with E-state index in [2.05, 4.69) is 15.4 Å². The fourth-order valence-corrected chi connectivity index (χ4v) is 2.99. The standard InChI is InChI=1S/C20H21F2N3O/c1-14(23-24-20(26)15-5-8-17(21)9-6-15)16-7-10-19(18(22)13-16)25-11-3-2-4-12-25/h5-10,13H,2-4,11-12H2,1H3,(H,24,26). The fourth-order valence-electron chi connectivity index (χ4n) is 2.99. The second-order valence-corrected chi connectivity index (χ2v) is 6.36. The molecule has 1 fully saturated rings. The molecule has 0 radical (unpaired) electrons. The minimum absolute atomic E-state index is 0.288. The predicted molar refractivity (Wildman–Crippen MR) is 98.5 cm³/mol. The Morgan fingerprint density at radius 3 is 2.31 bits per heavy atom. The summed E-state index contributed by atoms with van der Waals surface area (Å²) in [6, 6.07) is 10.2. The number of benzene rings is 2. The summed E-state index contributed by atoms with van der Waals surface area (Å²) in [5, 5.41) is 4.02. The van der Waals surface area contributed by atoms with Gasteiger partial charge in [-0.2, -0.15) is 5.10 Å². The van der Waals surface area contributed by atoms with Gasteiger partial charge in [0.05, 0.1) is 11.4 Å². The van der Waals surface area contributed by atoms with E-state index < -0.39 is 11.7 Å². The molecule has 4 nitrogen and oxygen atoms in total. The van der Waals surface area contributed by atoms with E-state index in [0.29, 0.717) is 22.5 Å². The van der Waals surface area contributed by atoms with Gasteiger partial charge in [-0.15, -0.1) is 0 Å². The second kappa shape index (κ2) is 8.08. The van der Waals surface area contributed by atoms with Crippen molar-refractivity contribution in [2.24, 2.45) is 5.10 Å². The van der Waals surface area contributed by atoms with Crippen molar-refractivity contribution in [1.82, 2.24) is 5.43 Å². The van der Waals surface area contributed by atoms with Gasteiger partial charge in [-0.05, 0) is 62.6 Å². The Balaban J connectivity index is 1.69. The monoisotopic (exact) mass is 357 g/mol. The molecule has 2 aromatic carbocycles. The molecule has 0 unspecified atom stereocenters. The van der Waals surface area contributed by atoms with E-state index in [4.69, 9.17) is 0 Å². The molecule has 0 atom stereocenters. The first-order valence-corrected chi connectivity index (χ1v) is 8.69. The number of nitrogens with one attached hydrogen (secondary N) is 1. The summed E-state index contributed by atoms with van der Waals surface area (Å²) in [6.07, 6.45) is 3.35. The molecule has 0 aliphatic carbocycles. The van der Waals surface area contributed by atoms with Crippen molar-refractivity contribution >= 4 is 17.3 Å². The Morgan fingerprint density at radius 1 is 1.00 bits per heavy atom. The smallest absolute Gasteiger partial charge is 0.271 e. The van der Waals surface area contributed by atoms with Crippen molar-refractivity contribution in [3.63, 3.8) is 0 Å². The van der Waals surface area contributed by atoms with Crippen molar-refractivity contribution in [3.8, 4) is 0 Å². The SMILES string of the molecule is CC(=NNC(=O)c1ccc(F)cc1)c1ccc(N2CCCCC2)c(F)c1. The summed E-state index contributed by atoms with van der Waals surface area (Å²) < 4.78 is 27.4. The maximum absolute atomic E-state index is 14.5. The van der Waals surface area contributed by atoms with Crippen LogP contribution in [0.2, 0.25) is 0 Å². The molecule has 2 aromatic rings. The number of halogens is 2. The van der Waals surface area contributed by atoms with Gasteiger partial charge >= 0.3 is 0 Å². The van der Waals surface area contributed by atoms with Gasteiger partial charge in [0.25, 0.3) is 5.91 Å². The van der Waals surface area contributed by atoms with Crippen molar-refractivity contribution in [3.05, 3.63) is 65.2 Å². The normalized spacial score (nSPS) is 15.0. The van der Waals surface area contributed by atoms with Crippen molar-refractivity contribution < 1.29 is 13.6 Å². The Kier molecular flexibility index (Phi) is 5.61. The van der Waals surface area contributed by atoms with E-state index in [9.17, 15) is 13.6 Å². The molecule has 3 rings (SSSR count). The molecule has 0 saturated carbocycles. The van der Waals surface area contributed by atoms with Crippen LogP contribution in [0.5, 0.6) is 0 Å². The lowest BCUT2D eigenvalue weighted by Gasteiger charge is -2.29. The van der Waals surface area contributed by atoms with Crippen LogP contribution in [0, 0.1) is 11.6 Å². The summed E-state index contributed by atoms with van der Waals surface area (Å²) in [5.41, 5.74) is 4.41. The number of nitrogens with zero attached hydrogens (tertiary/aromatic N) is 2. The minimum atomic E-state index is -0.449. The maximum atomic E-state index is 14.5. The van der Waals surface area contributed by atoms with Crippen LogP contribution in [0.4, 0.5) is 14.5 Å². The average molecular weight is 357 g/mol. The zero-order chi connectivity index (χ0) is 18.5. The Hall–Kier alpha value is -2.76. The molecule has 0 bridgehead atoms. The number of anilines is 1. The summed E-state index contributed by atoms with van der Waals surface area (Å²) in [5.74, 6) is -1.15. The number of hydrogen-bond acceptors (Lipinski definition) is 3. The lowest BCUT2D eigenvalue weighted by Crippen LogP contribution is -2.30. The summed E-state index contributed by atoms with van der Waals surface area (Å²) in [6.45, 7) is 3.44. The first-order valence-electron chi connectivity index (χ1n) is 8.69. The topological polar surface area (TPSA) is 44.7 Å². The highest BCUT2D eigenvalue weighted by atomic mass is 19.1. The Bertz CT molecular complexity index is 812. The number of carbonyl (C=O) groups excluding carboxylic acids is 1. The van der Waals surface area contributed by atoms with E-state index in [0.717, 1.165) is 25.9 Å². The Labute approximate surface area is 151 Å². The molecule has 0 spiro atoms. The van der Waals surface area contributed by atoms with E-state index in [1.54, 1.807) is 19.1 Å². The zero-order valence-corrected chi connectivity index (χ0v) is 14.6. The van der Waals surface area contributed by atoms with Gasteiger partial charge in [0, 0.05) is 24.2 Å². The van der Waals surface area contributed by atoms with Gasteiger partial charge in [-0.1, -0.05) is 6.07 Å². The van der Waals surface area contributed by atoms with E-state index in [1.165, 1.54) is 36.8 Å². The first-order chi connectivity index (χ1) is 12.5. The third-order valence-corrected chi connectivity index (χ3v) is 4.49. The molecule has 1 aliphatic heterocycles. The van der Waals surface area contributed by atoms with Crippen LogP contribution >= 0.6 is 0 Å². The molecule has 6 heteroatoms. The molecule has 1 aliphatic rings. The van der Waals surface area contributed by atoms with Crippen LogP contribution in [0.25, 0.3) is 0 Å². The van der Waals surface area contributed by atoms with Crippen LogP contribution in [0.15, 0.2) is 47.6 Å². The highest BCUT2D eigenvalue weighted by Gasteiger charge is 2.15. The number of amides is 1. The number of piperidine rings is 1. The molecule has 1 heterocycles. The van der Waals surface area contributed by atoms with E-state index >= 15 is 0 Å². The van der Waals surface area contributed by atoms with Crippen LogP contribution in [-0.2, 0) is 0 Å². The summed E-state index contributed by atoms with van der Waals surface area (Å²) in [4.78, 5) is 14.1. The average Bonchev–Trinajstić information content (AvgIpc) is 2.67. The lowest BCUT2D eigenvalue weighted by molar-refractivity contribution is 0.0955. The van der Waals surface area contributed by atoms with E-state index in [-0.39, 0.29) is 5.82 Å². The van der Waals surface area contributed by atoms with Gasteiger partial charge in [0.2, 0.25) is 0 Å². The van der Waals surface area contributed by atoms with Crippen molar-refractivity contribution in [2.75, 3.05) is 18.0 Å². The lowest BCUT2D eigenvalue weighted by atomic mass is 10.1. The molecule has 1 N–H and O–H groups in total. The molecular weight excluding hydrogens is 336 g/mol. The maximum Gasteiger partial charge on any atom is 0.271 e. The molecule has 26 heavy (non-hydrogen) atoms. The molecule has 1 saturated heterocycles. The molecule has 136 valence electrons. The second-order valence-electron chi connectivity index (χ2n) is 6.36. The van der Waals surface area contributed by atoms with Gasteiger partial charge in [-0.25, -0.2) is 14.2 Å². The van der Waals surface area contributed by atoms with Gasteiger partial charge in [0.1, 0.15) is 11.6 Å². The summed E-state index contributed by atoms with van der Waals surface area (Å²) in [7, 11) is 0. The van der Waals surface area contributed by atoms with Crippen molar-refractivity contribution in [2.45, 2.75) is 26.2 Å². The van der Waals surface area contributed by atoms with Crippen LogP contribution < -0.4 is 10.3 Å². The third kappa shape index (κ3) is 4.25. The van der Waals surface area contributed by atoms with Crippen molar-refractivity contribution in [1.29, 1.82) is 0 Å². The highest BCUT2D eigenvalue weighted by Crippen LogP contribution is 2.24. The number of carbonyl (C=O) groups is 1. The van der Waals surface area contributed by atoms with Crippen LogP contribution in [-0.4, -0.2) is 24.7 Å². The predicted octanol–water partition coefficient (Wildman–Crippen LogP) is 4.11. The van der Waals surface area contributed by atoms with Gasteiger partial charge in [-0.3, -0.25) is 4.79 Å². The quantitative estimate of drug-likeness (QED) is 0.661. The fraction of sp³-hybridized carbons (Fsp3) is 0.300. The molecule has 1 amide bonds. The zero-order valence-electron chi connectivity index (χ0n) is 14.6. The number of hydrogen-bond donors (Lipinski definition) is 1. The molecule has 0 aromatic heterocycles. The largest absolute Gasteiger partial charge is 0.369 e. The number of hydrazone groups is 1. The molecular formula is C20H21F2N3O. The number of rotatable bonds is 4. The van der Waals surface area contributed by atoms with Crippen LogP contribution in [0.1, 0.15) is 42.1 Å². The van der Waals surface area contributed by atoms with Gasteiger partial charge < -0.3 is 4.90 Å². The Morgan fingerprint density at radius 2 is 1.65 bits per heavy atom. The van der Waals surface area contributed by atoms with Gasteiger partial charge in [0.15, 0.2) is 0 Å². The third-order valence-electron chi connectivity index (χ3n) is 4.49. The minimum Gasteiger partial charge on any atom is -0.369 e. The summed E-state index contributed by atoms with van der Waals surface area (Å²) >= 11 is 0. The van der Waals surface area contributed by atoms with E-state index in [1.807, 2.05) is 0 Å². The van der Waals surface area contributed by atoms with Crippen LogP contribution in [0.3, 0.4) is 0 Å².